The highest BCUT2D eigenvalue weighted by molar-refractivity contribution is 5.02. The normalized spacial score (nSPS) is 16.7. The van der Waals surface area contributed by atoms with E-state index in [2.05, 4.69) is 0 Å². The quantitative estimate of drug-likeness (QED) is 0.638. The van der Waals surface area contributed by atoms with E-state index in [-0.39, 0.29) is 0 Å². The Kier molecular flexibility index (Phi) is 2.09. The molecule has 0 bridgehead atoms. The molecule has 0 amide bonds. The Labute approximate surface area is 58.9 Å². The summed E-state index contributed by atoms with van der Waals surface area (Å²) in [6, 6.07) is 3.29. The van der Waals surface area contributed by atoms with Crippen molar-refractivity contribution in [2.45, 2.75) is 19.1 Å². The Bertz CT molecular complexity index is 179. The first-order valence-corrected chi connectivity index (χ1v) is 3.11. The molecule has 0 aliphatic rings. The van der Waals surface area contributed by atoms with Crippen molar-refractivity contribution in [2.75, 3.05) is 0 Å². The number of hydrogen-bond acceptors (Lipinski definition) is 3. The van der Waals surface area contributed by atoms with Crippen LogP contribution in [-0.2, 0) is 0 Å². The van der Waals surface area contributed by atoms with Gasteiger partial charge in [-0.05, 0) is 19.1 Å². The molecule has 0 aliphatic heterocycles. The first kappa shape index (κ1) is 7.31. The Balaban J connectivity index is 2.68. The van der Waals surface area contributed by atoms with Crippen LogP contribution < -0.4 is 0 Å². The summed E-state index contributed by atoms with van der Waals surface area (Å²) in [7, 11) is 0. The standard InChI is InChI=1S/C7H10O3/c1-5(8)7(9)6-3-2-4-10-6/h2-5,7-9H,1H3/t5-,7+/m1/s1. The largest absolute Gasteiger partial charge is 0.466 e. The highest BCUT2D eigenvalue weighted by atomic mass is 16.4. The van der Waals surface area contributed by atoms with Crippen LogP contribution >= 0.6 is 0 Å². The molecule has 10 heavy (non-hydrogen) atoms. The summed E-state index contributed by atoms with van der Waals surface area (Å²) in [5.74, 6) is 0.398. The van der Waals surface area contributed by atoms with Gasteiger partial charge in [-0.25, -0.2) is 0 Å². The average molecular weight is 142 g/mol. The van der Waals surface area contributed by atoms with Crippen molar-refractivity contribution < 1.29 is 14.6 Å². The molecule has 1 heterocycles. The van der Waals surface area contributed by atoms with Crippen LogP contribution in [0.4, 0.5) is 0 Å². The van der Waals surface area contributed by atoms with E-state index in [1.807, 2.05) is 0 Å². The monoisotopic (exact) mass is 142 g/mol. The second kappa shape index (κ2) is 2.86. The molecule has 0 aromatic carbocycles. The minimum Gasteiger partial charge on any atom is -0.466 e. The summed E-state index contributed by atoms with van der Waals surface area (Å²) in [6.07, 6.45) is -0.234. The van der Waals surface area contributed by atoms with Gasteiger partial charge in [0.2, 0.25) is 0 Å². The summed E-state index contributed by atoms with van der Waals surface area (Å²) in [5.41, 5.74) is 0. The Morgan fingerprint density at radius 3 is 2.60 bits per heavy atom. The van der Waals surface area contributed by atoms with E-state index in [9.17, 15) is 0 Å². The minimum absolute atomic E-state index is 0.398. The molecule has 0 saturated carbocycles. The van der Waals surface area contributed by atoms with Crippen LogP contribution in [0.3, 0.4) is 0 Å². The lowest BCUT2D eigenvalue weighted by Gasteiger charge is -2.09. The van der Waals surface area contributed by atoms with Crippen molar-refractivity contribution >= 4 is 0 Å². The molecule has 0 saturated heterocycles. The third kappa shape index (κ3) is 1.37. The lowest BCUT2D eigenvalue weighted by Crippen LogP contribution is -2.12. The van der Waals surface area contributed by atoms with Gasteiger partial charge in [0.05, 0.1) is 12.4 Å². The van der Waals surface area contributed by atoms with Crippen molar-refractivity contribution in [2.24, 2.45) is 0 Å². The maximum atomic E-state index is 9.14. The summed E-state index contributed by atoms with van der Waals surface area (Å²) in [4.78, 5) is 0. The van der Waals surface area contributed by atoms with E-state index >= 15 is 0 Å². The smallest absolute Gasteiger partial charge is 0.137 e. The molecule has 0 spiro atoms. The number of aliphatic hydroxyl groups excluding tert-OH is 2. The summed E-state index contributed by atoms with van der Waals surface area (Å²) in [6.45, 7) is 1.51. The van der Waals surface area contributed by atoms with Crippen LogP contribution in [0.1, 0.15) is 18.8 Å². The maximum absolute atomic E-state index is 9.14. The van der Waals surface area contributed by atoms with E-state index in [1.165, 1.54) is 13.2 Å². The van der Waals surface area contributed by atoms with Crippen molar-refractivity contribution in [3.05, 3.63) is 24.2 Å². The fourth-order valence-electron chi connectivity index (χ4n) is 0.697. The fourth-order valence-corrected chi connectivity index (χ4v) is 0.697. The lowest BCUT2D eigenvalue weighted by molar-refractivity contribution is 0.0169. The van der Waals surface area contributed by atoms with Gasteiger partial charge >= 0.3 is 0 Å². The first-order chi connectivity index (χ1) is 4.72. The predicted octanol–water partition coefficient (Wildman–Crippen LogP) is 0.694. The zero-order valence-corrected chi connectivity index (χ0v) is 5.69. The highest BCUT2D eigenvalue weighted by Gasteiger charge is 2.15. The molecule has 0 aliphatic carbocycles. The zero-order chi connectivity index (χ0) is 7.56. The van der Waals surface area contributed by atoms with Gasteiger partial charge in [0.1, 0.15) is 11.9 Å². The van der Waals surface area contributed by atoms with Crippen molar-refractivity contribution in [3.8, 4) is 0 Å². The molecule has 1 rings (SSSR count). The van der Waals surface area contributed by atoms with Crippen molar-refractivity contribution in [3.63, 3.8) is 0 Å². The van der Waals surface area contributed by atoms with Crippen molar-refractivity contribution in [1.82, 2.24) is 0 Å². The van der Waals surface area contributed by atoms with Crippen LogP contribution in [0.25, 0.3) is 0 Å². The zero-order valence-electron chi connectivity index (χ0n) is 5.69. The molecular formula is C7H10O3. The van der Waals surface area contributed by atoms with Gasteiger partial charge in [0.25, 0.3) is 0 Å². The molecule has 3 heteroatoms. The molecule has 1 aromatic heterocycles. The topological polar surface area (TPSA) is 53.6 Å². The van der Waals surface area contributed by atoms with Gasteiger partial charge in [0.15, 0.2) is 0 Å². The van der Waals surface area contributed by atoms with Crippen LogP contribution in [0.15, 0.2) is 22.8 Å². The van der Waals surface area contributed by atoms with E-state index in [1.54, 1.807) is 12.1 Å². The highest BCUT2D eigenvalue weighted by Crippen LogP contribution is 2.15. The maximum Gasteiger partial charge on any atom is 0.137 e. The Morgan fingerprint density at radius 2 is 2.20 bits per heavy atom. The van der Waals surface area contributed by atoms with E-state index in [4.69, 9.17) is 14.6 Å². The number of hydrogen-bond donors (Lipinski definition) is 2. The van der Waals surface area contributed by atoms with Gasteiger partial charge < -0.3 is 14.6 Å². The molecule has 1 aromatic rings. The van der Waals surface area contributed by atoms with Crippen LogP contribution in [0, 0.1) is 0 Å². The number of rotatable bonds is 2. The van der Waals surface area contributed by atoms with E-state index < -0.39 is 12.2 Å². The number of furan rings is 1. The molecular weight excluding hydrogens is 132 g/mol. The van der Waals surface area contributed by atoms with E-state index in [0.29, 0.717) is 5.76 Å². The summed E-state index contributed by atoms with van der Waals surface area (Å²) in [5, 5.41) is 18.0. The molecule has 56 valence electrons. The SMILES string of the molecule is C[C@@H](O)[C@H](O)c1ccco1. The molecule has 0 fully saturated rings. The summed E-state index contributed by atoms with van der Waals surface area (Å²) >= 11 is 0. The van der Waals surface area contributed by atoms with E-state index in [0.717, 1.165) is 0 Å². The third-order valence-corrected chi connectivity index (χ3v) is 1.29. The third-order valence-electron chi connectivity index (χ3n) is 1.29. The fraction of sp³-hybridized carbons (Fsp3) is 0.429. The summed E-state index contributed by atoms with van der Waals surface area (Å²) < 4.78 is 4.85. The Hall–Kier alpha value is -0.800. The number of aliphatic hydroxyl groups is 2. The van der Waals surface area contributed by atoms with Crippen LogP contribution in [-0.4, -0.2) is 16.3 Å². The molecule has 0 unspecified atom stereocenters. The molecule has 2 atom stereocenters. The predicted molar refractivity (Wildman–Crippen MR) is 35.3 cm³/mol. The first-order valence-electron chi connectivity index (χ1n) is 3.11. The van der Waals surface area contributed by atoms with Gasteiger partial charge in [-0.3, -0.25) is 0 Å². The van der Waals surface area contributed by atoms with Gasteiger partial charge in [-0.2, -0.15) is 0 Å². The van der Waals surface area contributed by atoms with Gasteiger partial charge in [-0.1, -0.05) is 0 Å². The minimum atomic E-state index is -0.907. The van der Waals surface area contributed by atoms with Crippen LogP contribution in [0.2, 0.25) is 0 Å². The average Bonchev–Trinajstić information content (AvgIpc) is 2.36. The Morgan fingerprint density at radius 1 is 1.50 bits per heavy atom. The van der Waals surface area contributed by atoms with Gasteiger partial charge in [0, 0.05) is 0 Å². The van der Waals surface area contributed by atoms with Crippen molar-refractivity contribution in [1.29, 1.82) is 0 Å². The second-order valence-corrected chi connectivity index (χ2v) is 2.20. The molecule has 2 N–H and O–H groups in total. The lowest BCUT2D eigenvalue weighted by atomic mass is 10.2. The second-order valence-electron chi connectivity index (χ2n) is 2.20. The van der Waals surface area contributed by atoms with Gasteiger partial charge in [-0.15, -0.1) is 0 Å². The van der Waals surface area contributed by atoms with Crippen LogP contribution in [0.5, 0.6) is 0 Å². The molecule has 0 radical (unpaired) electrons. The molecule has 3 nitrogen and oxygen atoms in total.